The van der Waals surface area contributed by atoms with Crippen molar-refractivity contribution in [1.29, 1.82) is 0 Å². The van der Waals surface area contributed by atoms with Crippen LogP contribution in [0.1, 0.15) is 18.4 Å². The van der Waals surface area contributed by atoms with Crippen LogP contribution >= 0.6 is 15.9 Å². The fourth-order valence-electron chi connectivity index (χ4n) is 1.32. The van der Waals surface area contributed by atoms with Crippen LogP contribution < -0.4 is 10.6 Å². The van der Waals surface area contributed by atoms with Gasteiger partial charge < -0.3 is 15.1 Å². The Morgan fingerprint density at radius 3 is 2.93 bits per heavy atom. The second-order valence-corrected chi connectivity index (χ2v) is 4.34. The lowest BCUT2D eigenvalue weighted by molar-refractivity contribution is 0.532. The molecule has 4 heteroatoms. The highest BCUT2D eigenvalue weighted by Gasteiger charge is 2.19. The molecule has 0 saturated heterocycles. The first kappa shape index (κ1) is 10.2. The van der Waals surface area contributed by atoms with Crippen molar-refractivity contribution in [3.63, 3.8) is 0 Å². The molecule has 1 heterocycles. The minimum absolute atomic E-state index is 0.803. The van der Waals surface area contributed by atoms with E-state index in [-0.39, 0.29) is 0 Å². The average molecular weight is 259 g/mol. The number of furan rings is 1. The van der Waals surface area contributed by atoms with Crippen LogP contribution in [0.15, 0.2) is 21.4 Å². The molecule has 1 aromatic heterocycles. The van der Waals surface area contributed by atoms with E-state index in [1.807, 2.05) is 6.07 Å². The Hall–Kier alpha value is -0.320. The van der Waals surface area contributed by atoms with E-state index < -0.39 is 0 Å². The fourth-order valence-corrected chi connectivity index (χ4v) is 1.70. The minimum Gasteiger partial charge on any atom is -0.457 e. The van der Waals surface area contributed by atoms with E-state index in [0.717, 1.165) is 30.3 Å². The lowest BCUT2D eigenvalue weighted by Gasteiger charge is -2.04. The second-order valence-electron chi connectivity index (χ2n) is 3.62. The van der Waals surface area contributed by atoms with Gasteiger partial charge in [0.1, 0.15) is 0 Å². The molecule has 0 spiro atoms. The van der Waals surface area contributed by atoms with E-state index >= 15 is 0 Å². The number of hydrogen-bond donors (Lipinski definition) is 2. The summed E-state index contributed by atoms with van der Waals surface area (Å²) in [7, 11) is 0. The first-order valence-electron chi connectivity index (χ1n) is 5.02. The quantitative estimate of drug-likeness (QED) is 0.766. The summed E-state index contributed by atoms with van der Waals surface area (Å²) >= 11 is 3.35. The Balaban J connectivity index is 1.56. The van der Waals surface area contributed by atoms with Crippen LogP contribution in [0.5, 0.6) is 0 Å². The summed E-state index contributed by atoms with van der Waals surface area (Å²) in [5, 5.41) is 6.81. The first-order valence-corrected chi connectivity index (χ1v) is 5.81. The van der Waals surface area contributed by atoms with Gasteiger partial charge in [0.2, 0.25) is 0 Å². The molecule has 3 nitrogen and oxygen atoms in total. The lowest BCUT2D eigenvalue weighted by atomic mass is 10.3. The SMILES string of the molecule is Brc1occc1CNCCNC1CC1. The maximum absolute atomic E-state index is 5.13. The van der Waals surface area contributed by atoms with Crippen molar-refractivity contribution in [2.45, 2.75) is 25.4 Å². The highest BCUT2D eigenvalue weighted by Crippen LogP contribution is 2.18. The van der Waals surface area contributed by atoms with Gasteiger partial charge in [-0.25, -0.2) is 0 Å². The zero-order valence-corrected chi connectivity index (χ0v) is 9.64. The number of hydrogen-bond acceptors (Lipinski definition) is 3. The smallest absolute Gasteiger partial charge is 0.173 e. The van der Waals surface area contributed by atoms with Gasteiger partial charge in [-0.15, -0.1) is 0 Å². The van der Waals surface area contributed by atoms with Crippen LogP contribution in [0, 0.1) is 0 Å². The molecular formula is C10H15BrN2O. The molecule has 1 saturated carbocycles. The molecule has 0 unspecified atom stereocenters. The van der Waals surface area contributed by atoms with Gasteiger partial charge >= 0.3 is 0 Å². The molecule has 0 atom stereocenters. The van der Waals surface area contributed by atoms with Crippen molar-refractivity contribution in [2.24, 2.45) is 0 Å². The van der Waals surface area contributed by atoms with E-state index in [1.54, 1.807) is 6.26 Å². The van der Waals surface area contributed by atoms with Gasteiger partial charge in [-0.2, -0.15) is 0 Å². The number of nitrogens with one attached hydrogen (secondary N) is 2. The Morgan fingerprint density at radius 1 is 1.43 bits per heavy atom. The maximum Gasteiger partial charge on any atom is 0.173 e. The highest BCUT2D eigenvalue weighted by molar-refractivity contribution is 9.10. The molecule has 0 aliphatic heterocycles. The van der Waals surface area contributed by atoms with E-state index in [1.165, 1.54) is 18.4 Å². The van der Waals surface area contributed by atoms with E-state index in [0.29, 0.717) is 0 Å². The van der Waals surface area contributed by atoms with E-state index in [4.69, 9.17) is 4.42 Å². The molecular weight excluding hydrogens is 244 g/mol. The molecule has 0 radical (unpaired) electrons. The maximum atomic E-state index is 5.13. The third-order valence-electron chi connectivity index (χ3n) is 2.32. The zero-order valence-electron chi connectivity index (χ0n) is 8.05. The van der Waals surface area contributed by atoms with Crippen LogP contribution in [0.2, 0.25) is 0 Å². The standard InChI is InChI=1S/C10H15BrN2O/c11-10-8(3-6-14-10)7-12-4-5-13-9-1-2-9/h3,6,9,12-13H,1-2,4-5,7H2. The van der Waals surface area contributed by atoms with Crippen LogP contribution in [0.4, 0.5) is 0 Å². The van der Waals surface area contributed by atoms with Crippen LogP contribution in [0.25, 0.3) is 0 Å². The van der Waals surface area contributed by atoms with Crippen molar-refractivity contribution >= 4 is 15.9 Å². The average Bonchev–Trinajstić information content (AvgIpc) is 2.91. The molecule has 0 amide bonds. The molecule has 1 aromatic rings. The highest BCUT2D eigenvalue weighted by atomic mass is 79.9. The molecule has 1 aliphatic rings. The van der Waals surface area contributed by atoms with Gasteiger partial charge in [0.15, 0.2) is 4.67 Å². The van der Waals surface area contributed by atoms with E-state index in [2.05, 4.69) is 26.6 Å². The van der Waals surface area contributed by atoms with Crippen LogP contribution in [-0.4, -0.2) is 19.1 Å². The largest absolute Gasteiger partial charge is 0.457 e. The van der Waals surface area contributed by atoms with Gasteiger partial charge in [-0.05, 0) is 34.8 Å². The monoisotopic (exact) mass is 258 g/mol. The normalized spacial score (nSPS) is 16.1. The molecule has 0 bridgehead atoms. The van der Waals surface area contributed by atoms with Gasteiger partial charge in [-0.3, -0.25) is 0 Å². The first-order chi connectivity index (χ1) is 6.86. The summed E-state index contributed by atoms with van der Waals surface area (Å²) in [5.74, 6) is 0. The van der Waals surface area contributed by atoms with Crippen LogP contribution in [0.3, 0.4) is 0 Å². The third-order valence-corrected chi connectivity index (χ3v) is 3.02. The minimum atomic E-state index is 0.803. The van der Waals surface area contributed by atoms with Gasteiger partial charge in [0, 0.05) is 31.2 Å². The summed E-state index contributed by atoms with van der Waals surface area (Å²) in [5.41, 5.74) is 1.18. The van der Waals surface area contributed by atoms with Crippen molar-refractivity contribution in [3.8, 4) is 0 Å². The van der Waals surface area contributed by atoms with Crippen LogP contribution in [-0.2, 0) is 6.54 Å². The summed E-state index contributed by atoms with van der Waals surface area (Å²) < 4.78 is 5.96. The molecule has 2 rings (SSSR count). The topological polar surface area (TPSA) is 37.2 Å². The number of halogens is 1. The predicted octanol–water partition coefficient (Wildman–Crippen LogP) is 1.88. The van der Waals surface area contributed by atoms with Crippen molar-refractivity contribution in [3.05, 3.63) is 22.6 Å². The molecule has 14 heavy (non-hydrogen) atoms. The van der Waals surface area contributed by atoms with Gasteiger partial charge in [0.05, 0.1) is 6.26 Å². The van der Waals surface area contributed by atoms with Gasteiger partial charge in [0.25, 0.3) is 0 Å². The molecule has 1 aliphatic carbocycles. The summed E-state index contributed by atoms with van der Waals surface area (Å²) in [4.78, 5) is 0. The summed E-state index contributed by atoms with van der Waals surface area (Å²) in [6.45, 7) is 2.93. The Bertz CT molecular complexity index is 283. The number of rotatable bonds is 6. The van der Waals surface area contributed by atoms with Crippen molar-refractivity contribution in [2.75, 3.05) is 13.1 Å². The molecule has 0 aromatic carbocycles. The third kappa shape index (κ3) is 3.12. The van der Waals surface area contributed by atoms with Crippen molar-refractivity contribution < 1.29 is 4.42 Å². The van der Waals surface area contributed by atoms with Crippen molar-refractivity contribution in [1.82, 2.24) is 10.6 Å². The predicted molar refractivity (Wildman–Crippen MR) is 59.1 cm³/mol. The molecule has 2 N–H and O–H groups in total. The Kier molecular flexibility index (Phi) is 3.61. The molecule has 78 valence electrons. The summed E-state index contributed by atoms with van der Waals surface area (Å²) in [6, 6.07) is 2.78. The molecule has 1 fully saturated rings. The Morgan fingerprint density at radius 2 is 2.29 bits per heavy atom. The lowest BCUT2D eigenvalue weighted by Crippen LogP contribution is -2.28. The van der Waals surface area contributed by atoms with Gasteiger partial charge in [-0.1, -0.05) is 0 Å². The second kappa shape index (κ2) is 4.96. The van der Waals surface area contributed by atoms with E-state index in [9.17, 15) is 0 Å². The zero-order chi connectivity index (χ0) is 9.80. The Labute approximate surface area is 92.4 Å². The summed E-state index contributed by atoms with van der Waals surface area (Å²) in [6.07, 6.45) is 4.41. The fraction of sp³-hybridized carbons (Fsp3) is 0.600.